The summed E-state index contributed by atoms with van der Waals surface area (Å²) in [5.74, 6) is -5.90. The van der Waals surface area contributed by atoms with Gasteiger partial charge in [-0.3, -0.25) is 24.1 Å². The van der Waals surface area contributed by atoms with Gasteiger partial charge in [0.15, 0.2) is 10.8 Å². The van der Waals surface area contributed by atoms with Crippen LogP contribution in [0.1, 0.15) is 26.5 Å². The number of rotatable bonds is 11. The molecule has 2 aliphatic heterocycles. The number of nitrogens with one attached hydrogen (secondary N) is 2. The van der Waals surface area contributed by atoms with Crippen LogP contribution in [0.5, 0.6) is 0 Å². The molecule has 1 saturated heterocycles. The molecule has 1 aromatic rings. The molecule has 0 aliphatic carbocycles. The number of carboxylic acids is 2. The standard InChI is InChI=1S/C21H22ClN5O10S2/c1-8(28)36-5-9-6-38-17-13(16(31)27(17)14(9)18(32)33)25-15(30)12(26-37-21(2,3)19(34)35)10-7-39-20(23-10)24-11(29)4-22/h7,13,17H,4-6H2,1-3H3,(H,25,30)(H,32,33)(H,34,35)(H,23,24,29)/t13-,17-/m1/s1. The van der Waals surface area contributed by atoms with Crippen molar-refractivity contribution in [1.82, 2.24) is 15.2 Å². The molecule has 3 rings (SSSR count). The van der Waals surface area contributed by atoms with E-state index in [-0.39, 0.29) is 40.3 Å². The Morgan fingerprint density at radius 1 is 1.28 bits per heavy atom. The molecule has 4 N–H and O–H groups in total. The van der Waals surface area contributed by atoms with E-state index in [1.54, 1.807) is 0 Å². The summed E-state index contributed by atoms with van der Waals surface area (Å²) in [5, 5.41) is 28.1. The highest BCUT2D eigenvalue weighted by Crippen LogP contribution is 2.40. The molecule has 0 aromatic carbocycles. The zero-order valence-corrected chi connectivity index (χ0v) is 22.9. The molecule has 1 aromatic heterocycles. The van der Waals surface area contributed by atoms with Gasteiger partial charge in [0.25, 0.3) is 11.8 Å². The summed E-state index contributed by atoms with van der Waals surface area (Å²) in [4.78, 5) is 82.3. The minimum atomic E-state index is -1.83. The zero-order valence-electron chi connectivity index (χ0n) is 20.5. The molecule has 0 bridgehead atoms. The minimum absolute atomic E-state index is 0.0684. The quantitative estimate of drug-likeness (QED) is 0.0878. The second-order valence-electron chi connectivity index (χ2n) is 8.46. The van der Waals surface area contributed by atoms with Crippen molar-refractivity contribution in [3.8, 4) is 0 Å². The number of halogens is 1. The lowest BCUT2D eigenvalue weighted by atomic mass is 10.0. The number of aliphatic carboxylic acids is 2. The number of thioether (sulfide) groups is 1. The van der Waals surface area contributed by atoms with Gasteiger partial charge in [-0.15, -0.1) is 34.7 Å². The predicted molar refractivity (Wildman–Crippen MR) is 137 cm³/mol. The van der Waals surface area contributed by atoms with Crippen LogP contribution in [0.15, 0.2) is 21.8 Å². The molecule has 2 aliphatic rings. The molecule has 1 fully saturated rings. The fourth-order valence-corrected chi connectivity index (χ4v) is 5.29. The molecule has 0 spiro atoms. The van der Waals surface area contributed by atoms with Crippen molar-refractivity contribution in [2.75, 3.05) is 23.6 Å². The minimum Gasteiger partial charge on any atom is -0.478 e. The lowest BCUT2D eigenvalue weighted by molar-refractivity contribution is -0.161. The van der Waals surface area contributed by atoms with Gasteiger partial charge in [-0.25, -0.2) is 14.6 Å². The van der Waals surface area contributed by atoms with E-state index in [1.807, 2.05) is 0 Å². The van der Waals surface area contributed by atoms with E-state index in [1.165, 1.54) is 19.2 Å². The molecular weight excluding hydrogens is 582 g/mol. The average molecular weight is 604 g/mol. The molecular formula is C21H22ClN5O10S2. The number of nitrogens with zero attached hydrogens (tertiary/aromatic N) is 3. The molecule has 0 radical (unpaired) electrons. The van der Waals surface area contributed by atoms with Gasteiger partial charge >= 0.3 is 17.9 Å². The molecule has 0 saturated carbocycles. The number of hydrogen-bond donors (Lipinski definition) is 4. The highest BCUT2D eigenvalue weighted by atomic mass is 35.5. The van der Waals surface area contributed by atoms with E-state index in [0.717, 1.165) is 34.9 Å². The fraction of sp³-hybridized carbons (Fsp3) is 0.429. The maximum absolute atomic E-state index is 13.2. The fourth-order valence-electron chi connectivity index (χ4n) is 3.19. The summed E-state index contributed by atoms with van der Waals surface area (Å²) in [5.41, 5.74) is -2.55. The topological polar surface area (TPSA) is 214 Å². The number of esters is 1. The number of ether oxygens (including phenoxy) is 1. The number of fused-ring (bicyclic) bond motifs is 1. The van der Waals surface area contributed by atoms with E-state index >= 15 is 0 Å². The van der Waals surface area contributed by atoms with Crippen molar-refractivity contribution in [2.24, 2.45) is 5.16 Å². The van der Waals surface area contributed by atoms with Crippen LogP contribution >= 0.6 is 34.7 Å². The van der Waals surface area contributed by atoms with Crippen LogP contribution in [0.25, 0.3) is 0 Å². The van der Waals surface area contributed by atoms with Gasteiger partial charge in [-0.2, -0.15) is 0 Å². The maximum Gasteiger partial charge on any atom is 0.352 e. The zero-order chi connectivity index (χ0) is 29.1. The second kappa shape index (κ2) is 12.0. The number of hydrogen-bond acceptors (Lipinski definition) is 12. The lowest BCUT2D eigenvalue weighted by Gasteiger charge is -2.49. The molecule has 3 heterocycles. The van der Waals surface area contributed by atoms with Crippen molar-refractivity contribution in [1.29, 1.82) is 0 Å². The van der Waals surface area contributed by atoms with Crippen LogP contribution < -0.4 is 10.6 Å². The number of β-lactam (4-membered cyclic amide) rings is 1. The Hall–Kier alpha value is -3.70. The molecule has 2 atom stereocenters. The first-order valence-corrected chi connectivity index (χ1v) is 13.4. The number of carboxylic acid groups (broad SMARTS) is 2. The number of aromatic nitrogens is 1. The number of alkyl halides is 1. The van der Waals surface area contributed by atoms with E-state index in [0.29, 0.717) is 0 Å². The summed E-state index contributed by atoms with van der Waals surface area (Å²) in [6, 6.07) is -1.17. The first kappa shape index (κ1) is 29.9. The Bertz CT molecular complexity index is 1290. The van der Waals surface area contributed by atoms with E-state index < -0.39 is 58.4 Å². The summed E-state index contributed by atoms with van der Waals surface area (Å²) >= 11 is 7.54. The summed E-state index contributed by atoms with van der Waals surface area (Å²) in [6.07, 6.45) is 0. The summed E-state index contributed by atoms with van der Waals surface area (Å²) in [7, 11) is 0. The monoisotopic (exact) mass is 603 g/mol. The van der Waals surface area contributed by atoms with Crippen LogP contribution in [0.3, 0.4) is 0 Å². The maximum atomic E-state index is 13.2. The van der Waals surface area contributed by atoms with Crippen LogP contribution in [0, 0.1) is 0 Å². The van der Waals surface area contributed by atoms with Gasteiger partial charge in [0.2, 0.25) is 11.5 Å². The van der Waals surface area contributed by atoms with Gasteiger partial charge in [0.05, 0.1) is 0 Å². The number of carbonyl (C=O) groups excluding carboxylic acids is 4. The van der Waals surface area contributed by atoms with Gasteiger partial charge in [-0.05, 0) is 13.8 Å². The van der Waals surface area contributed by atoms with E-state index in [9.17, 15) is 39.0 Å². The molecule has 3 amide bonds. The number of anilines is 1. The van der Waals surface area contributed by atoms with Gasteiger partial charge < -0.3 is 30.4 Å². The van der Waals surface area contributed by atoms with Gasteiger partial charge in [0, 0.05) is 23.6 Å². The third-order valence-electron chi connectivity index (χ3n) is 5.20. The Morgan fingerprint density at radius 3 is 2.56 bits per heavy atom. The van der Waals surface area contributed by atoms with Crippen molar-refractivity contribution >= 4 is 81.2 Å². The predicted octanol–water partition coefficient (Wildman–Crippen LogP) is 0.206. The third-order valence-corrected chi connectivity index (χ3v) is 7.54. The van der Waals surface area contributed by atoms with Crippen LogP contribution in [-0.4, -0.2) is 96.7 Å². The van der Waals surface area contributed by atoms with Crippen molar-refractivity contribution in [3.05, 3.63) is 22.3 Å². The van der Waals surface area contributed by atoms with Crippen LogP contribution in [0.4, 0.5) is 5.13 Å². The molecule has 15 nitrogen and oxygen atoms in total. The largest absolute Gasteiger partial charge is 0.478 e. The SMILES string of the molecule is CC(=O)OCC1=C(C(=O)O)N2C(=O)[C@@H](NC(=O)C(=NOC(C)(C)C(=O)O)c3csc(NC(=O)CCl)n3)[C@H]2SC1. The van der Waals surface area contributed by atoms with Crippen molar-refractivity contribution in [2.45, 2.75) is 37.8 Å². The Morgan fingerprint density at radius 2 is 1.97 bits per heavy atom. The van der Waals surface area contributed by atoms with Crippen molar-refractivity contribution in [3.63, 3.8) is 0 Å². The number of oxime groups is 1. The number of carbonyl (C=O) groups is 6. The Balaban J connectivity index is 1.85. The van der Waals surface area contributed by atoms with E-state index in [4.69, 9.17) is 21.2 Å². The third kappa shape index (κ3) is 6.66. The van der Waals surface area contributed by atoms with Crippen molar-refractivity contribution < 1.29 is 48.6 Å². The first-order valence-electron chi connectivity index (χ1n) is 10.9. The van der Waals surface area contributed by atoms with Crippen LogP contribution in [-0.2, 0) is 38.3 Å². The molecule has 0 unspecified atom stereocenters. The Labute approximate surface area is 233 Å². The summed E-state index contributed by atoms with van der Waals surface area (Å²) in [6.45, 7) is 3.25. The van der Waals surface area contributed by atoms with Gasteiger partial charge in [0.1, 0.15) is 35.3 Å². The van der Waals surface area contributed by atoms with Crippen LogP contribution in [0.2, 0.25) is 0 Å². The smallest absolute Gasteiger partial charge is 0.352 e. The highest BCUT2D eigenvalue weighted by Gasteiger charge is 2.54. The second-order valence-corrected chi connectivity index (χ2v) is 10.7. The lowest BCUT2D eigenvalue weighted by Crippen LogP contribution is -2.71. The number of amides is 3. The highest BCUT2D eigenvalue weighted by molar-refractivity contribution is 8.00. The average Bonchev–Trinajstić information content (AvgIpc) is 3.32. The first-order chi connectivity index (χ1) is 18.3. The summed E-state index contributed by atoms with van der Waals surface area (Å²) < 4.78 is 4.89. The number of thiazole rings is 1. The van der Waals surface area contributed by atoms with E-state index in [2.05, 4.69) is 20.8 Å². The normalized spacial score (nSPS) is 19.0. The van der Waals surface area contributed by atoms with Gasteiger partial charge in [-0.1, -0.05) is 5.16 Å². The molecule has 210 valence electrons. The Kier molecular flexibility index (Phi) is 9.18. The molecule has 39 heavy (non-hydrogen) atoms. The molecule has 18 heteroatoms.